The van der Waals surface area contributed by atoms with Crippen LogP contribution < -0.4 is 10.6 Å². The SMILES string of the molecule is CC(=O)Nc1ccc(C(=O)Nc2ccc(C(F)(F)F)cc2C)cc1. The summed E-state index contributed by atoms with van der Waals surface area (Å²) in [6, 6.07) is 9.28. The summed E-state index contributed by atoms with van der Waals surface area (Å²) in [5.74, 6) is -0.681. The van der Waals surface area contributed by atoms with Gasteiger partial charge in [0, 0.05) is 23.9 Å². The average molecular weight is 336 g/mol. The molecule has 2 amide bonds. The maximum Gasteiger partial charge on any atom is 0.416 e. The Morgan fingerprint density at radius 1 is 0.958 bits per heavy atom. The molecule has 0 spiro atoms. The second kappa shape index (κ2) is 6.74. The predicted octanol–water partition coefficient (Wildman–Crippen LogP) is 4.22. The van der Waals surface area contributed by atoms with Gasteiger partial charge in [0.05, 0.1) is 5.56 Å². The van der Waals surface area contributed by atoms with Gasteiger partial charge < -0.3 is 10.6 Å². The quantitative estimate of drug-likeness (QED) is 0.881. The highest BCUT2D eigenvalue weighted by Crippen LogP contribution is 2.31. The number of alkyl halides is 3. The van der Waals surface area contributed by atoms with E-state index in [2.05, 4.69) is 10.6 Å². The van der Waals surface area contributed by atoms with E-state index in [1.54, 1.807) is 12.1 Å². The second-order valence-electron chi connectivity index (χ2n) is 5.24. The van der Waals surface area contributed by atoms with Gasteiger partial charge in [0.2, 0.25) is 5.91 Å². The molecule has 0 radical (unpaired) electrons. The largest absolute Gasteiger partial charge is 0.416 e. The minimum absolute atomic E-state index is 0.229. The zero-order valence-corrected chi connectivity index (χ0v) is 13.0. The maximum absolute atomic E-state index is 12.6. The number of anilines is 2. The summed E-state index contributed by atoms with van der Waals surface area (Å²) < 4.78 is 37.9. The number of nitrogens with one attached hydrogen (secondary N) is 2. The highest BCUT2D eigenvalue weighted by Gasteiger charge is 2.30. The smallest absolute Gasteiger partial charge is 0.326 e. The van der Waals surface area contributed by atoms with Crippen molar-refractivity contribution in [2.75, 3.05) is 10.6 Å². The third-order valence-corrected chi connectivity index (χ3v) is 3.27. The third-order valence-electron chi connectivity index (χ3n) is 3.27. The van der Waals surface area contributed by atoms with E-state index in [4.69, 9.17) is 0 Å². The van der Waals surface area contributed by atoms with Crippen LogP contribution in [0.15, 0.2) is 42.5 Å². The molecule has 0 saturated heterocycles. The van der Waals surface area contributed by atoms with Crippen LogP contribution in [0.1, 0.15) is 28.4 Å². The van der Waals surface area contributed by atoms with Crippen LogP contribution in [0.25, 0.3) is 0 Å². The minimum Gasteiger partial charge on any atom is -0.326 e. The van der Waals surface area contributed by atoms with E-state index in [1.807, 2.05) is 0 Å². The van der Waals surface area contributed by atoms with E-state index in [1.165, 1.54) is 32.0 Å². The molecule has 2 N–H and O–H groups in total. The summed E-state index contributed by atoms with van der Waals surface area (Å²) in [6.45, 7) is 2.86. The van der Waals surface area contributed by atoms with Gasteiger partial charge in [-0.25, -0.2) is 0 Å². The van der Waals surface area contributed by atoms with Crippen molar-refractivity contribution in [1.29, 1.82) is 0 Å². The fraction of sp³-hybridized carbons (Fsp3) is 0.176. The van der Waals surface area contributed by atoms with Crippen molar-refractivity contribution in [3.63, 3.8) is 0 Å². The monoisotopic (exact) mass is 336 g/mol. The number of aryl methyl sites for hydroxylation is 1. The van der Waals surface area contributed by atoms with Crippen molar-refractivity contribution in [2.24, 2.45) is 0 Å². The molecular formula is C17H15F3N2O2. The minimum atomic E-state index is -4.42. The number of halogens is 3. The fourth-order valence-electron chi connectivity index (χ4n) is 2.08. The first-order chi connectivity index (χ1) is 11.2. The molecule has 0 atom stereocenters. The van der Waals surface area contributed by atoms with Crippen LogP contribution in [-0.4, -0.2) is 11.8 Å². The summed E-state index contributed by atoms with van der Waals surface area (Å²) >= 11 is 0. The third kappa shape index (κ3) is 4.34. The van der Waals surface area contributed by atoms with Crippen molar-refractivity contribution in [3.05, 3.63) is 59.2 Å². The topological polar surface area (TPSA) is 58.2 Å². The summed E-state index contributed by atoms with van der Waals surface area (Å²) in [5, 5.41) is 5.14. The molecule has 7 heteroatoms. The van der Waals surface area contributed by atoms with E-state index in [9.17, 15) is 22.8 Å². The molecule has 0 aliphatic heterocycles. The van der Waals surface area contributed by atoms with E-state index in [-0.39, 0.29) is 5.91 Å². The first-order valence-corrected chi connectivity index (χ1v) is 7.03. The highest BCUT2D eigenvalue weighted by atomic mass is 19.4. The molecule has 0 aliphatic carbocycles. The van der Waals surface area contributed by atoms with Gasteiger partial charge in [0.15, 0.2) is 0 Å². The van der Waals surface area contributed by atoms with Gasteiger partial charge in [0.1, 0.15) is 0 Å². The Bertz CT molecular complexity index is 768. The first kappa shape index (κ1) is 17.5. The Morgan fingerprint density at radius 2 is 1.58 bits per heavy atom. The summed E-state index contributed by atoms with van der Waals surface area (Å²) in [5.41, 5.74) is 0.720. The van der Waals surface area contributed by atoms with Gasteiger partial charge in [-0.05, 0) is 55.0 Å². The Hall–Kier alpha value is -2.83. The molecule has 2 aromatic carbocycles. The lowest BCUT2D eigenvalue weighted by Gasteiger charge is -2.12. The van der Waals surface area contributed by atoms with E-state index >= 15 is 0 Å². The number of carbonyl (C=O) groups excluding carboxylic acids is 2. The second-order valence-corrected chi connectivity index (χ2v) is 5.24. The number of hydrogen-bond acceptors (Lipinski definition) is 2. The molecule has 2 rings (SSSR count). The molecule has 0 aliphatic rings. The summed E-state index contributed by atoms with van der Waals surface area (Å²) in [4.78, 5) is 23.1. The lowest BCUT2D eigenvalue weighted by atomic mass is 10.1. The summed E-state index contributed by atoms with van der Waals surface area (Å²) in [7, 11) is 0. The van der Waals surface area contributed by atoms with Crippen molar-refractivity contribution in [1.82, 2.24) is 0 Å². The van der Waals surface area contributed by atoms with Crippen LogP contribution in [0.5, 0.6) is 0 Å². The molecule has 0 fully saturated rings. The molecule has 0 heterocycles. The van der Waals surface area contributed by atoms with Crippen molar-refractivity contribution >= 4 is 23.2 Å². The zero-order chi connectivity index (χ0) is 17.9. The van der Waals surface area contributed by atoms with Crippen LogP contribution >= 0.6 is 0 Å². The number of amides is 2. The zero-order valence-electron chi connectivity index (χ0n) is 13.0. The molecule has 0 saturated carbocycles. The molecule has 126 valence electrons. The lowest BCUT2D eigenvalue weighted by Crippen LogP contribution is -2.14. The Morgan fingerprint density at radius 3 is 2.08 bits per heavy atom. The normalized spacial score (nSPS) is 11.0. The van der Waals surface area contributed by atoms with Crippen LogP contribution in [0.4, 0.5) is 24.5 Å². The van der Waals surface area contributed by atoms with Gasteiger partial charge in [-0.1, -0.05) is 0 Å². The van der Waals surface area contributed by atoms with Gasteiger partial charge in [-0.2, -0.15) is 13.2 Å². The van der Waals surface area contributed by atoms with Crippen LogP contribution in [0.3, 0.4) is 0 Å². The van der Waals surface area contributed by atoms with Gasteiger partial charge >= 0.3 is 6.18 Å². The van der Waals surface area contributed by atoms with Crippen LogP contribution in [0, 0.1) is 6.92 Å². The van der Waals surface area contributed by atoms with E-state index in [0.29, 0.717) is 22.5 Å². The Balaban J connectivity index is 2.13. The lowest BCUT2D eigenvalue weighted by molar-refractivity contribution is -0.137. The molecule has 0 bridgehead atoms. The number of rotatable bonds is 3. The van der Waals surface area contributed by atoms with Crippen molar-refractivity contribution in [3.8, 4) is 0 Å². The molecule has 0 unspecified atom stereocenters. The Kier molecular flexibility index (Phi) is 4.92. The number of hydrogen-bond donors (Lipinski definition) is 2. The van der Waals surface area contributed by atoms with E-state index in [0.717, 1.165) is 12.1 Å². The van der Waals surface area contributed by atoms with Crippen molar-refractivity contribution < 1.29 is 22.8 Å². The maximum atomic E-state index is 12.6. The molecular weight excluding hydrogens is 321 g/mol. The number of benzene rings is 2. The van der Waals surface area contributed by atoms with Gasteiger partial charge in [-0.3, -0.25) is 9.59 Å². The Labute approximate surface area is 136 Å². The van der Waals surface area contributed by atoms with Gasteiger partial charge in [-0.15, -0.1) is 0 Å². The first-order valence-electron chi connectivity index (χ1n) is 7.03. The molecule has 24 heavy (non-hydrogen) atoms. The summed E-state index contributed by atoms with van der Waals surface area (Å²) in [6.07, 6.45) is -4.42. The number of carbonyl (C=O) groups is 2. The highest BCUT2D eigenvalue weighted by molar-refractivity contribution is 6.05. The standard InChI is InChI=1S/C17H15F3N2O2/c1-10-9-13(17(18,19)20)5-8-15(10)22-16(24)12-3-6-14(7-4-12)21-11(2)23/h3-9H,1-2H3,(H,21,23)(H,22,24). The van der Waals surface area contributed by atoms with Crippen LogP contribution in [0.2, 0.25) is 0 Å². The molecule has 4 nitrogen and oxygen atoms in total. The van der Waals surface area contributed by atoms with Crippen molar-refractivity contribution in [2.45, 2.75) is 20.0 Å². The molecule has 2 aromatic rings. The van der Waals surface area contributed by atoms with Crippen LogP contribution in [-0.2, 0) is 11.0 Å². The van der Waals surface area contributed by atoms with Gasteiger partial charge in [0.25, 0.3) is 5.91 Å². The average Bonchev–Trinajstić information content (AvgIpc) is 2.48. The fourth-order valence-corrected chi connectivity index (χ4v) is 2.08. The van der Waals surface area contributed by atoms with E-state index < -0.39 is 17.6 Å². The predicted molar refractivity (Wildman–Crippen MR) is 84.9 cm³/mol. The molecule has 0 aromatic heterocycles.